The molecule has 88 valence electrons. The van der Waals surface area contributed by atoms with Gasteiger partial charge in [-0.3, -0.25) is 4.79 Å². The van der Waals surface area contributed by atoms with Gasteiger partial charge in [-0.2, -0.15) is 0 Å². The van der Waals surface area contributed by atoms with Gasteiger partial charge in [-0.25, -0.2) is 0 Å². The average molecular weight is 213 g/mol. The molecule has 0 aromatic carbocycles. The highest BCUT2D eigenvalue weighted by Gasteiger charge is 2.33. The molecule has 0 spiro atoms. The Labute approximate surface area is 92.9 Å². The maximum atomic E-state index is 11.4. The minimum atomic E-state index is 0.159. The number of amides is 1. The lowest BCUT2D eigenvalue weighted by molar-refractivity contribution is -0.132. The topological polar surface area (TPSA) is 38.3 Å². The number of carbonyl (C=O) groups is 1. The van der Waals surface area contributed by atoms with E-state index in [0.29, 0.717) is 12.6 Å². The fraction of sp³-hybridized carbons (Fsp3) is 0.750. The molecule has 3 nitrogen and oxygen atoms in total. The van der Waals surface area contributed by atoms with E-state index in [1.807, 2.05) is 32.9 Å². The van der Waals surface area contributed by atoms with Gasteiger partial charge in [0.15, 0.2) is 0 Å². The van der Waals surface area contributed by atoms with Crippen LogP contribution in [0.25, 0.3) is 0 Å². The number of allylic oxidation sites excluding steroid dienone is 1. The summed E-state index contributed by atoms with van der Waals surface area (Å²) in [6.07, 6.45) is 5.91. The van der Waals surface area contributed by atoms with Gasteiger partial charge in [0.2, 0.25) is 5.91 Å². The molecule has 1 rings (SSSR count). The lowest BCUT2D eigenvalue weighted by atomic mass is 9.81. The standard InChI is InChI=1S/C10H17NO2.C2H6/c1-3-4-5-11-10(12)8-6-9(7-8)13-2;1-2/h3-4,8-9H,5-7H2,1-2H3,(H,11,12);1-2H3/b4-3+;. The van der Waals surface area contributed by atoms with Crippen molar-refractivity contribution in [2.24, 2.45) is 5.92 Å². The normalized spacial score (nSPS) is 24.0. The third-order valence-electron chi connectivity index (χ3n) is 2.43. The molecule has 0 saturated heterocycles. The maximum Gasteiger partial charge on any atom is 0.223 e. The minimum Gasteiger partial charge on any atom is -0.381 e. The lowest BCUT2D eigenvalue weighted by Crippen LogP contribution is -2.41. The Hall–Kier alpha value is -0.830. The Morgan fingerprint density at radius 3 is 2.53 bits per heavy atom. The lowest BCUT2D eigenvalue weighted by Gasteiger charge is -2.32. The molecule has 1 N–H and O–H groups in total. The van der Waals surface area contributed by atoms with Crippen LogP contribution in [0.3, 0.4) is 0 Å². The zero-order chi connectivity index (χ0) is 11.7. The first-order valence-corrected chi connectivity index (χ1v) is 5.69. The second-order valence-electron chi connectivity index (χ2n) is 3.34. The van der Waals surface area contributed by atoms with Crippen molar-refractivity contribution < 1.29 is 9.53 Å². The van der Waals surface area contributed by atoms with Crippen molar-refractivity contribution in [1.82, 2.24) is 5.32 Å². The second kappa shape index (κ2) is 8.48. The van der Waals surface area contributed by atoms with E-state index < -0.39 is 0 Å². The SMILES string of the molecule is C/C=C/CNC(=O)C1CC(OC)C1.CC. The molecule has 0 aromatic rings. The van der Waals surface area contributed by atoms with Crippen LogP contribution < -0.4 is 5.32 Å². The zero-order valence-electron chi connectivity index (χ0n) is 10.2. The highest BCUT2D eigenvalue weighted by atomic mass is 16.5. The molecule has 0 bridgehead atoms. The van der Waals surface area contributed by atoms with Crippen molar-refractivity contribution in [3.05, 3.63) is 12.2 Å². The van der Waals surface area contributed by atoms with E-state index in [2.05, 4.69) is 5.32 Å². The molecule has 1 amide bonds. The Morgan fingerprint density at radius 1 is 1.47 bits per heavy atom. The van der Waals surface area contributed by atoms with Gasteiger partial charge < -0.3 is 10.1 Å². The van der Waals surface area contributed by atoms with Gasteiger partial charge in [0, 0.05) is 19.6 Å². The van der Waals surface area contributed by atoms with Gasteiger partial charge >= 0.3 is 0 Å². The summed E-state index contributed by atoms with van der Waals surface area (Å²) in [7, 11) is 1.69. The third kappa shape index (κ3) is 4.98. The van der Waals surface area contributed by atoms with Crippen molar-refractivity contribution in [3.8, 4) is 0 Å². The molecule has 1 fully saturated rings. The van der Waals surface area contributed by atoms with E-state index in [4.69, 9.17) is 4.74 Å². The third-order valence-corrected chi connectivity index (χ3v) is 2.43. The zero-order valence-corrected chi connectivity index (χ0v) is 10.2. The maximum absolute atomic E-state index is 11.4. The number of hydrogen-bond donors (Lipinski definition) is 1. The predicted molar refractivity (Wildman–Crippen MR) is 62.7 cm³/mol. The summed E-state index contributed by atoms with van der Waals surface area (Å²) in [6, 6.07) is 0. The Balaban J connectivity index is 0.000000921. The molecule has 0 aliphatic heterocycles. The Kier molecular flexibility index (Phi) is 8.01. The molecule has 0 atom stereocenters. The number of nitrogens with one attached hydrogen (secondary N) is 1. The van der Waals surface area contributed by atoms with E-state index in [1.54, 1.807) is 7.11 Å². The fourth-order valence-corrected chi connectivity index (χ4v) is 1.39. The van der Waals surface area contributed by atoms with Crippen molar-refractivity contribution in [2.45, 2.75) is 39.7 Å². The largest absolute Gasteiger partial charge is 0.381 e. The minimum absolute atomic E-state index is 0.159. The highest BCUT2D eigenvalue weighted by Crippen LogP contribution is 2.29. The molecule has 0 aromatic heterocycles. The monoisotopic (exact) mass is 213 g/mol. The summed E-state index contributed by atoms with van der Waals surface area (Å²) in [4.78, 5) is 11.4. The molecule has 0 heterocycles. The van der Waals surface area contributed by atoms with Crippen LogP contribution in [-0.2, 0) is 9.53 Å². The van der Waals surface area contributed by atoms with E-state index >= 15 is 0 Å². The Morgan fingerprint density at radius 2 is 2.07 bits per heavy atom. The van der Waals surface area contributed by atoms with Crippen LogP contribution in [0.1, 0.15) is 33.6 Å². The van der Waals surface area contributed by atoms with Crippen LogP contribution in [0.4, 0.5) is 0 Å². The molecule has 3 heteroatoms. The predicted octanol–water partition coefficient (Wildman–Crippen LogP) is 2.13. The van der Waals surface area contributed by atoms with E-state index in [-0.39, 0.29) is 11.8 Å². The summed E-state index contributed by atoms with van der Waals surface area (Å²) < 4.78 is 5.10. The molecule has 0 radical (unpaired) electrons. The second-order valence-corrected chi connectivity index (χ2v) is 3.34. The number of rotatable bonds is 4. The Bertz CT molecular complexity index is 196. The summed E-state index contributed by atoms with van der Waals surface area (Å²) >= 11 is 0. The molecule has 1 aliphatic rings. The summed E-state index contributed by atoms with van der Waals surface area (Å²) in [6.45, 7) is 6.58. The number of methoxy groups -OCH3 is 1. The van der Waals surface area contributed by atoms with E-state index in [9.17, 15) is 4.79 Å². The van der Waals surface area contributed by atoms with Crippen LogP contribution in [0.5, 0.6) is 0 Å². The quantitative estimate of drug-likeness (QED) is 0.726. The molecule has 1 saturated carbocycles. The molecule has 0 unspecified atom stereocenters. The van der Waals surface area contributed by atoms with Gasteiger partial charge in [-0.15, -0.1) is 0 Å². The van der Waals surface area contributed by atoms with Crippen molar-refractivity contribution in [3.63, 3.8) is 0 Å². The average Bonchev–Trinajstić information content (AvgIpc) is 2.20. The highest BCUT2D eigenvalue weighted by molar-refractivity contribution is 5.79. The van der Waals surface area contributed by atoms with Gasteiger partial charge in [0.25, 0.3) is 0 Å². The van der Waals surface area contributed by atoms with Crippen LogP contribution >= 0.6 is 0 Å². The summed E-state index contributed by atoms with van der Waals surface area (Å²) in [5.41, 5.74) is 0. The first-order valence-electron chi connectivity index (χ1n) is 5.69. The number of ether oxygens (including phenoxy) is 1. The summed E-state index contributed by atoms with van der Waals surface area (Å²) in [5, 5.41) is 2.85. The van der Waals surface area contributed by atoms with Crippen molar-refractivity contribution in [2.75, 3.05) is 13.7 Å². The molecular weight excluding hydrogens is 190 g/mol. The van der Waals surface area contributed by atoms with Gasteiger partial charge in [-0.05, 0) is 19.8 Å². The molecule has 15 heavy (non-hydrogen) atoms. The number of hydrogen-bond acceptors (Lipinski definition) is 2. The van der Waals surface area contributed by atoms with Crippen LogP contribution in [0, 0.1) is 5.92 Å². The van der Waals surface area contributed by atoms with E-state index in [1.165, 1.54) is 0 Å². The van der Waals surface area contributed by atoms with Crippen LogP contribution in [0.2, 0.25) is 0 Å². The van der Waals surface area contributed by atoms with Gasteiger partial charge in [0.05, 0.1) is 6.10 Å². The van der Waals surface area contributed by atoms with Crippen molar-refractivity contribution >= 4 is 5.91 Å². The smallest absolute Gasteiger partial charge is 0.223 e. The van der Waals surface area contributed by atoms with Crippen LogP contribution in [0.15, 0.2) is 12.2 Å². The molecule has 1 aliphatic carbocycles. The number of carbonyl (C=O) groups excluding carboxylic acids is 1. The fourth-order valence-electron chi connectivity index (χ4n) is 1.39. The van der Waals surface area contributed by atoms with Crippen LogP contribution in [-0.4, -0.2) is 25.7 Å². The van der Waals surface area contributed by atoms with E-state index in [0.717, 1.165) is 12.8 Å². The van der Waals surface area contributed by atoms with Crippen molar-refractivity contribution in [1.29, 1.82) is 0 Å². The summed E-state index contributed by atoms with van der Waals surface area (Å²) in [5.74, 6) is 0.335. The first kappa shape index (κ1) is 14.2. The van der Waals surface area contributed by atoms with Gasteiger partial charge in [0.1, 0.15) is 0 Å². The molecular formula is C12H23NO2. The first-order chi connectivity index (χ1) is 7.27. The van der Waals surface area contributed by atoms with Gasteiger partial charge in [-0.1, -0.05) is 26.0 Å².